The molecule has 0 radical (unpaired) electrons. The van der Waals surface area contributed by atoms with Gasteiger partial charge in [-0.05, 0) is 22.0 Å². The van der Waals surface area contributed by atoms with Crippen LogP contribution in [0.15, 0.2) is 23.2 Å². The molecule has 0 saturated carbocycles. The first kappa shape index (κ1) is 9.14. The van der Waals surface area contributed by atoms with Crippen LogP contribution in [0.3, 0.4) is 0 Å². The number of rotatable bonds is 2. The fraction of sp³-hybridized carbons (Fsp3) is 0.125. The maximum absolute atomic E-state index is 10.5. The molecule has 0 unspecified atom stereocenters. The smallest absolute Gasteiger partial charge is 0.309 e. The third kappa shape index (κ3) is 1.48. The summed E-state index contributed by atoms with van der Waals surface area (Å²) in [4.78, 5) is 18.6. The molecule has 0 aliphatic rings. The number of fused-ring (bicyclic) bond motifs is 1. The maximum atomic E-state index is 10.5. The summed E-state index contributed by atoms with van der Waals surface area (Å²) in [6.07, 6.45) is 3.10. The van der Waals surface area contributed by atoms with E-state index < -0.39 is 5.97 Å². The van der Waals surface area contributed by atoms with Crippen LogP contribution in [0.25, 0.3) is 5.65 Å². The molecule has 6 heteroatoms. The molecule has 2 rings (SSSR count). The molecule has 0 atom stereocenters. The van der Waals surface area contributed by atoms with Crippen molar-refractivity contribution in [1.82, 2.24) is 14.4 Å². The van der Waals surface area contributed by atoms with Gasteiger partial charge in [-0.2, -0.15) is 0 Å². The Bertz CT molecular complexity index is 494. The quantitative estimate of drug-likeness (QED) is 0.874. The molecule has 0 saturated heterocycles. The highest BCUT2D eigenvalue weighted by Crippen LogP contribution is 2.18. The first-order valence-electron chi connectivity index (χ1n) is 3.86. The first-order chi connectivity index (χ1) is 6.68. The van der Waals surface area contributed by atoms with Crippen molar-refractivity contribution in [2.45, 2.75) is 6.42 Å². The van der Waals surface area contributed by atoms with Crippen LogP contribution in [0, 0.1) is 0 Å². The van der Waals surface area contributed by atoms with Gasteiger partial charge in [-0.15, -0.1) is 0 Å². The van der Waals surface area contributed by atoms with Crippen molar-refractivity contribution in [1.29, 1.82) is 0 Å². The monoisotopic (exact) mass is 255 g/mol. The van der Waals surface area contributed by atoms with Gasteiger partial charge in [0.2, 0.25) is 0 Å². The van der Waals surface area contributed by atoms with E-state index in [1.807, 2.05) is 0 Å². The van der Waals surface area contributed by atoms with E-state index in [2.05, 4.69) is 25.9 Å². The Morgan fingerprint density at radius 2 is 2.43 bits per heavy atom. The summed E-state index contributed by atoms with van der Waals surface area (Å²) in [7, 11) is 0. The molecule has 0 bridgehead atoms. The van der Waals surface area contributed by atoms with Crippen LogP contribution >= 0.6 is 15.9 Å². The summed E-state index contributed by atoms with van der Waals surface area (Å²) in [5.41, 5.74) is 1.19. The van der Waals surface area contributed by atoms with Crippen LogP contribution in [-0.4, -0.2) is 25.4 Å². The van der Waals surface area contributed by atoms with Crippen molar-refractivity contribution in [3.63, 3.8) is 0 Å². The Morgan fingerprint density at radius 1 is 1.64 bits per heavy atom. The molecule has 2 aromatic heterocycles. The van der Waals surface area contributed by atoms with Crippen LogP contribution in [-0.2, 0) is 11.2 Å². The highest BCUT2D eigenvalue weighted by atomic mass is 79.9. The van der Waals surface area contributed by atoms with E-state index in [4.69, 9.17) is 5.11 Å². The fourth-order valence-corrected chi connectivity index (χ4v) is 1.68. The van der Waals surface area contributed by atoms with E-state index in [1.54, 1.807) is 23.0 Å². The zero-order valence-electron chi connectivity index (χ0n) is 7.01. The molecule has 5 nitrogen and oxygen atoms in total. The lowest BCUT2D eigenvalue weighted by molar-refractivity contribution is -0.136. The normalized spacial score (nSPS) is 10.6. The molecule has 0 spiro atoms. The van der Waals surface area contributed by atoms with Crippen molar-refractivity contribution >= 4 is 27.5 Å². The minimum absolute atomic E-state index is 0.0950. The van der Waals surface area contributed by atoms with Crippen molar-refractivity contribution in [2.24, 2.45) is 0 Å². The molecule has 0 fully saturated rings. The minimum Gasteiger partial charge on any atom is -0.481 e. The highest BCUT2D eigenvalue weighted by molar-refractivity contribution is 9.10. The van der Waals surface area contributed by atoms with Crippen LogP contribution in [0.4, 0.5) is 0 Å². The van der Waals surface area contributed by atoms with E-state index in [9.17, 15) is 4.79 Å². The van der Waals surface area contributed by atoms with Crippen molar-refractivity contribution < 1.29 is 9.90 Å². The minimum atomic E-state index is -0.901. The summed E-state index contributed by atoms with van der Waals surface area (Å²) in [6.45, 7) is 0. The average Bonchev–Trinajstić information content (AvgIpc) is 2.44. The molecule has 2 aromatic rings. The molecule has 14 heavy (non-hydrogen) atoms. The summed E-state index contributed by atoms with van der Waals surface area (Å²) >= 11 is 3.28. The van der Waals surface area contributed by atoms with E-state index in [0.717, 1.165) is 0 Å². The topological polar surface area (TPSA) is 67.5 Å². The Kier molecular flexibility index (Phi) is 2.20. The molecule has 72 valence electrons. The molecule has 2 heterocycles. The molecule has 0 aliphatic heterocycles. The summed E-state index contributed by atoms with van der Waals surface area (Å²) in [5.74, 6) is -0.901. The molecule has 1 N–H and O–H groups in total. The third-order valence-corrected chi connectivity index (χ3v) is 2.60. The van der Waals surface area contributed by atoms with Crippen molar-refractivity contribution in [3.05, 3.63) is 28.9 Å². The van der Waals surface area contributed by atoms with Gasteiger partial charge in [0, 0.05) is 6.20 Å². The largest absolute Gasteiger partial charge is 0.481 e. The number of aliphatic carboxylic acids is 1. The van der Waals surface area contributed by atoms with E-state index >= 15 is 0 Å². The second-order valence-corrected chi connectivity index (χ2v) is 3.48. The van der Waals surface area contributed by atoms with Crippen LogP contribution < -0.4 is 0 Å². The molecule has 0 aliphatic carbocycles. The third-order valence-electron chi connectivity index (χ3n) is 1.76. The number of halogens is 1. The Labute approximate surface area is 87.5 Å². The first-order valence-corrected chi connectivity index (χ1v) is 4.66. The molecule has 0 amide bonds. The van der Waals surface area contributed by atoms with Gasteiger partial charge in [-0.25, -0.2) is 9.97 Å². The molecular weight excluding hydrogens is 250 g/mol. The maximum Gasteiger partial charge on any atom is 0.309 e. The highest BCUT2D eigenvalue weighted by Gasteiger charge is 2.11. The van der Waals surface area contributed by atoms with Crippen molar-refractivity contribution in [2.75, 3.05) is 0 Å². The van der Waals surface area contributed by atoms with Gasteiger partial charge in [0.05, 0.1) is 12.1 Å². The number of aromatic nitrogens is 3. The summed E-state index contributed by atoms with van der Waals surface area (Å²) < 4.78 is 2.33. The van der Waals surface area contributed by atoms with Gasteiger partial charge in [-0.1, -0.05) is 0 Å². The standard InChI is InChI=1S/C8H6BrN3O2/c9-8-5(3-7(13)14)11-6-1-2-10-4-12(6)8/h1-2,4H,3H2,(H,13,14). The average molecular weight is 256 g/mol. The van der Waals surface area contributed by atoms with Gasteiger partial charge >= 0.3 is 5.97 Å². The second kappa shape index (κ2) is 3.38. The lowest BCUT2D eigenvalue weighted by Gasteiger charge is -1.92. The van der Waals surface area contributed by atoms with Crippen molar-refractivity contribution in [3.8, 4) is 0 Å². The van der Waals surface area contributed by atoms with Gasteiger partial charge in [0.25, 0.3) is 0 Å². The number of carbonyl (C=O) groups is 1. The predicted molar refractivity (Wildman–Crippen MR) is 52.0 cm³/mol. The van der Waals surface area contributed by atoms with Gasteiger partial charge in [0.15, 0.2) is 0 Å². The van der Waals surface area contributed by atoms with Gasteiger partial charge < -0.3 is 5.11 Å². The number of hydrogen-bond donors (Lipinski definition) is 1. The molecular formula is C8H6BrN3O2. The predicted octanol–water partition coefficient (Wildman–Crippen LogP) is 1.12. The fourth-order valence-electron chi connectivity index (χ4n) is 1.18. The summed E-state index contributed by atoms with van der Waals surface area (Å²) in [5, 5.41) is 8.63. The summed E-state index contributed by atoms with van der Waals surface area (Å²) in [6, 6.07) is 1.72. The number of nitrogens with zero attached hydrogens (tertiary/aromatic N) is 3. The van der Waals surface area contributed by atoms with Gasteiger partial charge in [-0.3, -0.25) is 9.20 Å². The lowest BCUT2D eigenvalue weighted by atomic mass is 10.3. The number of carboxylic acid groups (broad SMARTS) is 1. The SMILES string of the molecule is O=C(O)Cc1nc2ccncn2c1Br. The van der Waals surface area contributed by atoms with Crippen LogP contribution in [0.2, 0.25) is 0 Å². The van der Waals surface area contributed by atoms with E-state index in [-0.39, 0.29) is 6.42 Å². The molecule has 0 aromatic carbocycles. The van der Waals surface area contributed by atoms with Crippen LogP contribution in [0.1, 0.15) is 5.69 Å². The van der Waals surface area contributed by atoms with E-state index in [1.165, 1.54) is 0 Å². The zero-order valence-corrected chi connectivity index (χ0v) is 8.60. The van der Waals surface area contributed by atoms with Crippen LogP contribution in [0.5, 0.6) is 0 Å². The Hall–Kier alpha value is -1.43. The Balaban J connectivity index is 2.57. The second-order valence-electron chi connectivity index (χ2n) is 2.73. The van der Waals surface area contributed by atoms with E-state index in [0.29, 0.717) is 15.9 Å². The number of imidazole rings is 1. The number of carboxylic acids is 1. The van der Waals surface area contributed by atoms with Gasteiger partial charge in [0.1, 0.15) is 16.6 Å². The number of hydrogen-bond acceptors (Lipinski definition) is 3. The zero-order chi connectivity index (χ0) is 10.1. The Morgan fingerprint density at radius 3 is 3.07 bits per heavy atom. The lowest BCUT2D eigenvalue weighted by Crippen LogP contribution is -2.00.